The minimum atomic E-state index is -0.900. The van der Waals surface area contributed by atoms with E-state index >= 15 is 0 Å². The molecule has 1 aromatic heterocycles. The predicted molar refractivity (Wildman–Crippen MR) is 67.5 cm³/mol. The van der Waals surface area contributed by atoms with Crippen molar-refractivity contribution in [1.29, 1.82) is 2.67 Å². The van der Waals surface area contributed by atoms with E-state index in [2.05, 4.69) is 12.1 Å². The Labute approximate surface area is 90.3 Å². The van der Waals surface area contributed by atoms with E-state index < -0.39 is 7.77 Å². The van der Waals surface area contributed by atoms with Crippen molar-refractivity contribution in [1.82, 2.24) is 0 Å². The molecule has 0 bridgehead atoms. The maximum Gasteiger partial charge on any atom is 0.139 e. The molecule has 0 aliphatic heterocycles. The maximum atomic E-state index is 7.43. The number of hydrogen-bond acceptors (Lipinski definition) is 1. The van der Waals surface area contributed by atoms with Crippen LogP contribution in [0.5, 0.6) is 0 Å². The second kappa shape index (κ2) is 2.86. The lowest BCUT2D eigenvalue weighted by Crippen LogP contribution is -1.98. The Balaban J connectivity index is 2.40. The van der Waals surface area contributed by atoms with E-state index in [1.165, 1.54) is 20.2 Å². The van der Waals surface area contributed by atoms with E-state index in [1.807, 2.05) is 30.3 Å². The summed E-state index contributed by atoms with van der Waals surface area (Å²) in [6.07, 6.45) is 0. The molecule has 14 heavy (non-hydrogen) atoms. The molecule has 0 N–H and O–H groups in total. The van der Waals surface area contributed by atoms with Gasteiger partial charge in [-0.3, -0.25) is 0 Å². The van der Waals surface area contributed by atoms with Gasteiger partial charge in [-0.05, 0) is 20.2 Å². The van der Waals surface area contributed by atoms with Crippen molar-refractivity contribution in [2.45, 2.75) is 0 Å². The predicted octanol–water partition coefficient (Wildman–Crippen LogP) is 2.31. The lowest BCUT2D eigenvalue weighted by Gasteiger charge is -1.93. The van der Waals surface area contributed by atoms with E-state index in [0.717, 1.165) is 5.46 Å². The van der Waals surface area contributed by atoms with Gasteiger partial charge in [-0.2, -0.15) is 0 Å². The molecule has 0 nitrogen and oxygen atoms in total. The molecule has 3 aromatic rings. The van der Waals surface area contributed by atoms with Crippen LogP contribution in [0.1, 0.15) is 0 Å². The molecule has 0 spiro atoms. The van der Waals surface area contributed by atoms with E-state index in [1.54, 1.807) is 11.3 Å². The zero-order valence-corrected chi connectivity index (χ0v) is 8.34. The van der Waals surface area contributed by atoms with Crippen LogP contribution in [0.15, 0.2) is 42.5 Å². The molecule has 66 valence electrons. The summed E-state index contributed by atoms with van der Waals surface area (Å²) in [4.78, 5) is 0. The fraction of sp³-hybridized carbons (Fsp3) is 0. The van der Waals surface area contributed by atoms with Crippen molar-refractivity contribution in [3.8, 4) is 0 Å². The van der Waals surface area contributed by atoms with Gasteiger partial charge in [-0.15, -0.1) is 11.3 Å². The molecule has 0 aliphatic carbocycles. The SMILES string of the molecule is [2H]B([2H])c1ccc2sc3ccccc3c2c1. The van der Waals surface area contributed by atoms with Crippen molar-refractivity contribution >= 4 is 44.7 Å². The van der Waals surface area contributed by atoms with Crippen LogP contribution in [-0.4, -0.2) is 10.4 Å². The second-order valence-corrected chi connectivity index (χ2v) is 4.44. The first kappa shape index (κ1) is 6.25. The number of rotatable bonds is 1. The highest BCUT2D eigenvalue weighted by atomic mass is 32.1. The molecule has 0 atom stereocenters. The molecule has 0 unspecified atom stereocenters. The Bertz CT molecular complexity index is 660. The quantitative estimate of drug-likeness (QED) is 0.526. The monoisotopic (exact) mass is 198 g/mol. The van der Waals surface area contributed by atoms with Gasteiger partial charge >= 0.3 is 0 Å². The Hall–Kier alpha value is -1.28. The van der Waals surface area contributed by atoms with Crippen LogP contribution < -0.4 is 5.46 Å². The first-order valence-electron chi connectivity index (χ1n) is 5.67. The third-order valence-electron chi connectivity index (χ3n) is 2.40. The Kier molecular flexibility index (Phi) is 1.28. The van der Waals surface area contributed by atoms with Gasteiger partial charge in [-0.1, -0.05) is 35.8 Å². The summed E-state index contributed by atoms with van der Waals surface area (Å²) in [7, 11) is -0.900. The number of benzene rings is 2. The largest absolute Gasteiger partial charge is 0.139 e. The first-order chi connectivity index (χ1) is 7.75. The van der Waals surface area contributed by atoms with Gasteiger partial charge in [0.15, 0.2) is 0 Å². The van der Waals surface area contributed by atoms with Gasteiger partial charge in [0.05, 0.1) is 0 Å². The molecule has 0 radical (unpaired) electrons. The Morgan fingerprint density at radius 2 is 1.86 bits per heavy atom. The average Bonchev–Trinajstić information content (AvgIpc) is 2.66. The van der Waals surface area contributed by atoms with E-state index in [9.17, 15) is 0 Å². The molecule has 0 fully saturated rings. The van der Waals surface area contributed by atoms with Crippen molar-refractivity contribution in [2.75, 3.05) is 0 Å². The summed E-state index contributed by atoms with van der Waals surface area (Å²) in [5.74, 6) is 0. The third kappa shape index (κ3) is 1.07. The molecule has 0 aliphatic rings. The van der Waals surface area contributed by atoms with Gasteiger partial charge in [0.25, 0.3) is 0 Å². The highest BCUT2D eigenvalue weighted by molar-refractivity contribution is 7.25. The molecule has 1 heterocycles. The van der Waals surface area contributed by atoms with Crippen molar-refractivity contribution in [3.05, 3.63) is 42.5 Å². The molecular weight excluding hydrogens is 187 g/mol. The molecule has 0 amide bonds. The first-order valence-corrected chi connectivity index (χ1v) is 5.33. The van der Waals surface area contributed by atoms with Crippen LogP contribution >= 0.6 is 11.3 Å². The third-order valence-corrected chi connectivity index (χ3v) is 3.55. The maximum absolute atomic E-state index is 7.43. The normalized spacial score (nSPS) is 12.9. The minimum Gasteiger partial charge on any atom is -0.135 e. The standard InChI is InChI=1S/C12H9BS/c13-8-5-6-12-10(7-8)9-3-1-2-4-11(9)14-12/h1-7H,13H2/i13D2. The number of hydrogen-bond donors (Lipinski definition) is 0. The van der Waals surface area contributed by atoms with Gasteiger partial charge < -0.3 is 0 Å². The lowest BCUT2D eigenvalue weighted by atomic mass is 9.95. The average molecular weight is 198 g/mol. The lowest BCUT2D eigenvalue weighted by molar-refractivity contribution is 1.86. The summed E-state index contributed by atoms with van der Waals surface area (Å²) in [5.41, 5.74) is 0.760. The summed E-state index contributed by atoms with van der Waals surface area (Å²) >= 11 is 1.76. The van der Waals surface area contributed by atoms with E-state index in [0.29, 0.717) is 0 Å². The summed E-state index contributed by atoms with van der Waals surface area (Å²) < 4.78 is 17.3. The topological polar surface area (TPSA) is 0 Å². The van der Waals surface area contributed by atoms with Gasteiger partial charge in [0, 0.05) is 14.8 Å². The Morgan fingerprint density at radius 1 is 1.00 bits per heavy atom. The fourth-order valence-corrected chi connectivity index (χ4v) is 2.83. The van der Waals surface area contributed by atoms with Crippen molar-refractivity contribution in [2.24, 2.45) is 0 Å². The summed E-state index contributed by atoms with van der Waals surface area (Å²) in [5, 5.41) is 2.40. The fourth-order valence-electron chi connectivity index (χ4n) is 1.74. The molecule has 0 saturated heterocycles. The van der Waals surface area contributed by atoms with Crippen LogP contribution in [0, 0.1) is 0 Å². The van der Waals surface area contributed by atoms with Crippen LogP contribution in [0.2, 0.25) is 0 Å². The minimum absolute atomic E-state index is 0.760. The van der Waals surface area contributed by atoms with Gasteiger partial charge in [-0.25, -0.2) is 0 Å². The zero-order valence-electron chi connectivity index (χ0n) is 9.53. The zero-order chi connectivity index (χ0) is 11.1. The van der Waals surface area contributed by atoms with Crippen LogP contribution in [0.4, 0.5) is 0 Å². The van der Waals surface area contributed by atoms with Crippen molar-refractivity contribution < 1.29 is 0 Å². The van der Waals surface area contributed by atoms with Gasteiger partial charge in [0.1, 0.15) is 7.77 Å². The summed E-state index contributed by atoms with van der Waals surface area (Å²) in [6.45, 7) is 0. The van der Waals surface area contributed by atoms with Crippen LogP contribution in [0.3, 0.4) is 0 Å². The number of thiophene rings is 1. The molecule has 2 heteroatoms. The van der Waals surface area contributed by atoms with Crippen molar-refractivity contribution in [3.63, 3.8) is 0 Å². The second-order valence-electron chi connectivity index (χ2n) is 3.35. The highest BCUT2D eigenvalue weighted by Gasteiger charge is 2.02. The van der Waals surface area contributed by atoms with E-state index in [-0.39, 0.29) is 0 Å². The molecule has 0 saturated carbocycles. The highest BCUT2D eigenvalue weighted by Crippen LogP contribution is 2.32. The summed E-state index contributed by atoms with van der Waals surface area (Å²) in [6, 6.07) is 14.1. The Morgan fingerprint density at radius 3 is 2.79 bits per heavy atom. The molecule has 2 aromatic carbocycles. The number of fused-ring (bicyclic) bond motifs is 3. The van der Waals surface area contributed by atoms with Gasteiger partial charge in [0.2, 0.25) is 0 Å². The van der Waals surface area contributed by atoms with Crippen LogP contribution in [0.25, 0.3) is 20.2 Å². The molecule has 3 rings (SSSR count). The van der Waals surface area contributed by atoms with E-state index in [4.69, 9.17) is 2.67 Å². The smallest absolute Gasteiger partial charge is 0.135 e. The molecular formula is C12H9BS. The van der Waals surface area contributed by atoms with Crippen LogP contribution in [-0.2, 0) is 0 Å².